The number of sulfonamides is 1. The first-order chi connectivity index (χ1) is 13.6. The number of aromatic amines is 1. The van der Waals surface area contributed by atoms with Gasteiger partial charge in [-0.15, -0.1) is 11.3 Å². The second kappa shape index (κ2) is 7.43. The van der Waals surface area contributed by atoms with E-state index < -0.39 is 16.0 Å². The lowest BCUT2D eigenvalue weighted by molar-refractivity contribution is 0.0692. The van der Waals surface area contributed by atoms with Crippen LogP contribution in [0.2, 0.25) is 5.02 Å². The highest BCUT2D eigenvalue weighted by atomic mass is 35.5. The third kappa shape index (κ3) is 3.82. The predicted molar refractivity (Wildman–Crippen MR) is 117 cm³/mol. The van der Waals surface area contributed by atoms with Crippen molar-refractivity contribution in [3.8, 4) is 11.1 Å². The molecule has 2 N–H and O–H groups in total. The normalized spacial score (nSPS) is 16.5. The van der Waals surface area contributed by atoms with Gasteiger partial charge in [-0.05, 0) is 59.9 Å². The van der Waals surface area contributed by atoms with Crippen LogP contribution in [0.15, 0.2) is 23.6 Å². The molecule has 0 radical (unpaired) electrons. The number of benzene rings is 1. The van der Waals surface area contributed by atoms with Crippen molar-refractivity contribution in [2.45, 2.75) is 25.7 Å². The minimum absolute atomic E-state index is 0.156. The number of halogens is 1. The molecule has 2 aromatic heterocycles. The predicted octanol–water partition coefficient (Wildman–Crippen LogP) is 4.70. The smallest absolute Gasteiger partial charge is 0.353 e. The van der Waals surface area contributed by atoms with E-state index in [0.717, 1.165) is 26.9 Å². The number of aromatic carboxylic acids is 1. The molecule has 4 rings (SSSR count). The number of hydrogen-bond donors (Lipinski definition) is 2. The average Bonchev–Trinajstić information content (AvgIpc) is 3.19. The third-order valence-corrected chi connectivity index (χ3v) is 7.99. The highest BCUT2D eigenvalue weighted by Crippen LogP contribution is 2.43. The summed E-state index contributed by atoms with van der Waals surface area (Å²) in [5, 5.41) is 12.4. The summed E-state index contributed by atoms with van der Waals surface area (Å²) in [5.41, 5.74) is 4.44. The molecule has 0 atom stereocenters. The fraction of sp³-hybridized carbons (Fsp3) is 0.350. The Morgan fingerprint density at radius 3 is 2.55 bits per heavy atom. The van der Waals surface area contributed by atoms with E-state index >= 15 is 0 Å². The van der Waals surface area contributed by atoms with Crippen molar-refractivity contribution in [3.63, 3.8) is 0 Å². The number of H-pyrrole nitrogens is 1. The number of carbonyl (C=O) groups is 1. The molecule has 1 aliphatic heterocycles. The van der Waals surface area contributed by atoms with E-state index in [1.165, 1.54) is 21.9 Å². The van der Waals surface area contributed by atoms with Crippen LogP contribution in [-0.4, -0.2) is 48.1 Å². The zero-order chi connectivity index (χ0) is 20.9. The summed E-state index contributed by atoms with van der Waals surface area (Å²) in [4.78, 5) is 15.1. The maximum absolute atomic E-state index is 11.9. The van der Waals surface area contributed by atoms with Crippen molar-refractivity contribution in [3.05, 3.63) is 45.4 Å². The van der Waals surface area contributed by atoms with E-state index in [1.807, 2.05) is 19.1 Å². The number of carboxylic acid groups (broad SMARTS) is 1. The van der Waals surface area contributed by atoms with E-state index in [4.69, 9.17) is 11.6 Å². The number of hydrogen-bond acceptors (Lipinski definition) is 4. The number of rotatable bonds is 4. The Labute approximate surface area is 178 Å². The first kappa shape index (κ1) is 20.4. The number of aromatic nitrogens is 1. The summed E-state index contributed by atoms with van der Waals surface area (Å²) in [6.45, 7) is 2.89. The van der Waals surface area contributed by atoms with Crippen LogP contribution >= 0.6 is 22.9 Å². The van der Waals surface area contributed by atoms with Crippen molar-refractivity contribution >= 4 is 49.1 Å². The summed E-state index contributed by atoms with van der Waals surface area (Å²) in [7, 11) is -3.18. The van der Waals surface area contributed by atoms with Gasteiger partial charge >= 0.3 is 5.97 Å². The van der Waals surface area contributed by atoms with Gasteiger partial charge in [-0.2, -0.15) is 0 Å². The SMILES string of the molecule is Cc1cc(Cl)cc(-c2c(C(=O)O)[nH]c3c(C4CCN(S(C)(=O)=O)CC4)csc23)c1. The zero-order valence-electron chi connectivity index (χ0n) is 16.0. The summed E-state index contributed by atoms with van der Waals surface area (Å²) in [5.74, 6) is -0.824. The molecule has 1 aliphatic rings. The molecule has 0 aliphatic carbocycles. The Balaban J connectivity index is 1.77. The minimum atomic E-state index is -3.18. The molecule has 9 heteroatoms. The molecular formula is C20H21ClN2O4S2. The second-order valence-corrected chi connectivity index (χ2v) is 10.8. The molecule has 0 amide bonds. The number of aryl methyl sites for hydroxylation is 1. The first-order valence-corrected chi connectivity index (χ1v) is 12.3. The van der Waals surface area contributed by atoms with Gasteiger partial charge in [-0.1, -0.05) is 17.7 Å². The van der Waals surface area contributed by atoms with Crippen molar-refractivity contribution in [2.75, 3.05) is 19.3 Å². The van der Waals surface area contributed by atoms with Crippen LogP contribution in [0.3, 0.4) is 0 Å². The lowest BCUT2D eigenvalue weighted by atomic mass is 9.91. The van der Waals surface area contributed by atoms with E-state index in [1.54, 1.807) is 6.07 Å². The van der Waals surface area contributed by atoms with Crippen LogP contribution in [0.4, 0.5) is 0 Å². The first-order valence-electron chi connectivity index (χ1n) is 9.24. The maximum atomic E-state index is 11.9. The van der Waals surface area contributed by atoms with Crippen molar-refractivity contribution in [1.82, 2.24) is 9.29 Å². The Bertz CT molecular complexity index is 1180. The van der Waals surface area contributed by atoms with Gasteiger partial charge in [-0.25, -0.2) is 17.5 Å². The van der Waals surface area contributed by atoms with E-state index in [9.17, 15) is 18.3 Å². The average molecular weight is 453 g/mol. The van der Waals surface area contributed by atoms with E-state index in [0.29, 0.717) is 36.5 Å². The Morgan fingerprint density at radius 2 is 1.97 bits per heavy atom. The molecule has 0 saturated carbocycles. The quantitative estimate of drug-likeness (QED) is 0.600. The molecule has 3 aromatic rings. The summed E-state index contributed by atoms with van der Waals surface area (Å²) in [6, 6.07) is 5.56. The van der Waals surface area contributed by atoms with Crippen molar-refractivity contribution in [2.24, 2.45) is 0 Å². The number of piperidine rings is 1. The van der Waals surface area contributed by atoms with Gasteiger partial charge < -0.3 is 10.1 Å². The van der Waals surface area contributed by atoms with Crippen molar-refractivity contribution in [1.29, 1.82) is 0 Å². The fourth-order valence-electron chi connectivity index (χ4n) is 4.10. The Kier molecular flexibility index (Phi) is 5.23. The topological polar surface area (TPSA) is 90.5 Å². The van der Waals surface area contributed by atoms with Crippen LogP contribution in [0.1, 0.15) is 40.4 Å². The largest absolute Gasteiger partial charge is 0.477 e. The van der Waals surface area contributed by atoms with Gasteiger partial charge in [0.15, 0.2) is 0 Å². The monoisotopic (exact) mass is 452 g/mol. The van der Waals surface area contributed by atoms with Gasteiger partial charge in [0.1, 0.15) is 5.69 Å². The molecule has 6 nitrogen and oxygen atoms in total. The van der Waals surface area contributed by atoms with Crippen LogP contribution < -0.4 is 0 Å². The number of thiophene rings is 1. The number of nitrogens with zero attached hydrogens (tertiary/aromatic N) is 1. The third-order valence-electron chi connectivity index (χ3n) is 5.45. The molecule has 154 valence electrons. The molecule has 0 bridgehead atoms. The molecule has 29 heavy (non-hydrogen) atoms. The highest BCUT2D eigenvalue weighted by Gasteiger charge is 2.29. The van der Waals surface area contributed by atoms with E-state index in [-0.39, 0.29) is 11.6 Å². The van der Waals surface area contributed by atoms with Crippen LogP contribution in [0, 0.1) is 6.92 Å². The maximum Gasteiger partial charge on any atom is 0.353 e. The van der Waals surface area contributed by atoms with Crippen LogP contribution in [0.5, 0.6) is 0 Å². The lowest BCUT2D eigenvalue weighted by Crippen LogP contribution is -2.37. The van der Waals surface area contributed by atoms with Crippen LogP contribution in [0.25, 0.3) is 21.3 Å². The van der Waals surface area contributed by atoms with Gasteiger partial charge in [0.05, 0.1) is 16.5 Å². The standard InChI is InChI=1S/C20H21ClN2O4S2/c1-11-7-13(9-14(21)8-11)16-18(20(24)25)22-17-15(10-28-19(16)17)12-3-5-23(6-4-12)29(2,26)27/h7-10,12,22H,3-6H2,1-2H3,(H,24,25). The number of carboxylic acids is 1. The van der Waals surface area contributed by atoms with Gasteiger partial charge in [0.25, 0.3) is 0 Å². The molecule has 0 unspecified atom stereocenters. The lowest BCUT2D eigenvalue weighted by Gasteiger charge is -2.29. The minimum Gasteiger partial charge on any atom is -0.477 e. The highest BCUT2D eigenvalue weighted by molar-refractivity contribution is 7.88. The van der Waals surface area contributed by atoms with Crippen molar-refractivity contribution < 1.29 is 18.3 Å². The molecule has 1 saturated heterocycles. The number of fused-ring (bicyclic) bond motifs is 1. The molecule has 0 spiro atoms. The van der Waals surface area contributed by atoms with Gasteiger partial charge in [0, 0.05) is 23.7 Å². The molecule has 3 heterocycles. The number of nitrogens with one attached hydrogen (secondary N) is 1. The van der Waals surface area contributed by atoms with Gasteiger partial charge in [-0.3, -0.25) is 0 Å². The summed E-state index contributed by atoms with van der Waals surface area (Å²) >= 11 is 7.74. The van der Waals surface area contributed by atoms with Crippen LogP contribution in [-0.2, 0) is 10.0 Å². The molecule has 1 fully saturated rings. The Morgan fingerprint density at radius 1 is 1.28 bits per heavy atom. The summed E-state index contributed by atoms with van der Waals surface area (Å²) in [6.07, 6.45) is 2.66. The zero-order valence-corrected chi connectivity index (χ0v) is 18.4. The second-order valence-electron chi connectivity index (χ2n) is 7.53. The summed E-state index contributed by atoms with van der Waals surface area (Å²) < 4.78 is 25.9. The molecular weight excluding hydrogens is 432 g/mol. The molecule has 1 aromatic carbocycles. The Hall–Kier alpha value is -1.87. The van der Waals surface area contributed by atoms with Gasteiger partial charge in [0.2, 0.25) is 10.0 Å². The fourth-order valence-corrected chi connectivity index (χ4v) is 6.44. The van der Waals surface area contributed by atoms with E-state index in [2.05, 4.69) is 10.4 Å².